The second-order valence-corrected chi connectivity index (χ2v) is 9.03. The number of aromatic nitrogens is 3. The molecule has 29 heavy (non-hydrogen) atoms. The molecule has 152 valence electrons. The summed E-state index contributed by atoms with van der Waals surface area (Å²) < 4.78 is 39.1. The highest BCUT2D eigenvalue weighted by molar-refractivity contribution is 7.88. The summed E-state index contributed by atoms with van der Waals surface area (Å²) in [5.41, 5.74) is 1.32. The Bertz CT molecular complexity index is 1160. The molecule has 0 spiro atoms. The average molecular weight is 417 g/mol. The molecule has 1 fully saturated rings. The van der Waals surface area contributed by atoms with Gasteiger partial charge in [-0.1, -0.05) is 6.07 Å². The van der Waals surface area contributed by atoms with Gasteiger partial charge in [-0.05, 0) is 31.0 Å². The smallest absolute Gasteiger partial charge is 0.223 e. The number of aromatic hydroxyl groups is 1. The number of rotatable bonds is 4. The fourth-order valence-corrected chi connectivity index (χ4v) is 4.29. The first-order valence-corrected chi connectivity index (χ1v) is 11.0. The van der Waals surface area contributed by atoms with Crippen molar-refractivity contribution >= 4 is 26.9 Å². The highest BCUT2D eigenvalue weighted by atomic mass is 32.2. The molecule has 2 N–H and O–H groups in total. The third kappa shape index (κ3) is 4.28. The van der Waals surface area contributed by atoms with Gasteiger partial charge < -0.3 is 10.4 Å². The van der Waals surface area contributed by atoms with Crippen LogP contribution < -0.4 is 5.32 Å². The third-order valence-electron chi connectivity index (χ3n) is 4.95. The van der Waals surface area contributed by atoms with Gasteiger partial charge in [0.15, 0.2) is 5.82 Å². The molecule has 3 heterocycles. The third-order valence-corrected chi connectivity index (χ3v) is 6.25. The lowest BCUT2D eigenvalue weighted by molar-refractivity contribution is 0.331. The van der Waals surface area contributed by atoms with E-state index in [2.05, 4.69) is 20.3 Å². The molecule has 0 amide bonds. The lowest BCUT2D eigenvalue weighted by atomic mass is 10.1. The minimum Gasteiger partial charge on any atom is -0.493 e. The standard InChI is InChI=1S/C19H20FN5O3S/c1-29(27,28)25-8-6-14(7-9-25)22-19-21-11-15(20)18(24-19)13-2-4-16-12(10-13)3-5-17(26)23-16/h2-5,10-11,14H,6-9H2,1H3,(H,23,26)(H,21,22,24). The van der Waals surface area contributed by atoms with E-state index in [1.807, 2.05) is 0 Å². The van der Waals surface area contributed by atoms with Crippen LogP contribution in [0.15, 0.2) is 36.5 Å². The van der Waals surface area contributed by atoms with E-state index in [0.717, 1.165) is 11.6 Å². The summed E-state index contributed by atoms with van der Waals surface area (Å²) in [6, 6.07) is 8.32. The molecule has 0 saturated carbocycles. The van der Waals surface area contributed by atoms with Crippen LogP contribution in [0.5, 0.6) is 5.88 Å². The number of piperidine rings is 1. The van der Waals surface area contributed by atoms with E-state index in [1.54, 1.807) is 24.3 Å². The van der Waals surface area contributed by atoms with Crippen molar-refractivity contribution in [2.24, 2.45) is 0 Å². The van der Waals surface area contributed by atoms with Gasteiger partial charge in [-0.15, -0.1) is 0 Å². The van der Waals surface area contributed by atoms with Crippen molar-refractivity contribution < 1.29 is 17.9 Å². The van der Waals surface area contributed by atoms with Gasteiger partial charge in [-0.3, -0.25) is 0 Å². The van der Waals surface area contributed by atoms with Crippen LogP contribution in [-0.2, 0) is 10.0 Å². The summed E-state index contributed by atoms with van der Waals surface area (Å²) in [4.78, 5) is 12.4. The van der Waals surface area contributed by atoms with Crippen molar-refractivity contribution in [2.75, 3.05) is 24.7 Å². The highest BCUT2D eigenvalue weighted by Gasteiger charge is 2.25. The number of hydrogen-bond acceptors (Lipinski definition) is 7. The molecular formula is C19H20FN5O3S. The number of hydrogen-bond donors (Lipinski definition) is 2. The van der Waals surface area contributed by atoms with Gasteiger partial charge in [0.05, 0.1) is 18.0 Å². The summed E-state index contributed by atoms with van der Waals surface area (Å²) in [7, 11) is -3.19. The Morgan fingerprint density at radius 3 is 2.66 bits per heavy atom. The number of fused-ring (bicyclic) bond motifs is 1. The van der Waals surface area contributed by atoms with E-state index in [4.69, 9.17) is 0 Å². The number of benzene rings is 1. The molecule has 1 aliphatic heterocycles. The summed E-state index contributed by atoms with van der Waals surface area (Å²) in [6.45, 7) is 0.851. The maximum Gasteiger partial charge on any atom is 0.223 e. The Kier molecular flexibility index (Phi) is 5.05. The molecule has 0 radical (unpaired) electrons. The fraction of sp³-hybridized carbons (Fsp3) is 0.316. The maximum absolute atomic E-state index is 14.4. The van der Waals surface area contributed by atoms with Crippen molar-refractivity contribution in [1.29, 1.82) is 0 Å². The first-order chi connectivity index (χ1) is 13.8. The number of nitrogens with zero attached hydrogens (tertiary/aromatic N) is 4. The molecule has 1 saturated heterocycles. The van der Waals surface area contributed by atoms with Crippen LogP contribution in [0.25, 0.3) is 22.2 Å². The van der Waals surface area contributed by atoms with E-state index in [1.165, 1.54) is 16.6 Å². The fourth-order valence-electron chi connectivity index (χ4n) is 3.42. The zero-order valence-corrected chi connectivity index (χ0v) is 16.5. The number of nitrogens with one attached hydrogen (secondary N) is 1. The van der Waals surface area contributed by atoms with Gasteiger partial charge in [0.1, 0.15) is 5.69 Å². The molecular weight excluding hydrogens is 397 g/mol. The molecule has 10 heteroatoms. The van der Waals surface area contributed by atoms with E-state index in [9.17, 15) is 17.9 Å². The molecule has 8 nitrogen and oxygen atoms in total. The summed E-state index contributed by atoms with van der Waals surface area (Å²) in [5, 5.41) is 13.4. The van der Waals surface area contributed by atoms with Crippen molar-refractivity contribution in [1.82, 2.24) is 19.3 Å². The number of pyridine rings is 1. The molecule has 1 aromatic carbocycles. The summed E-state index contributed by atoms with van der Waals surface area (Å²) in [5.74, 6) is -0.330. The molecule has 2 aromatic heterocycles. The van der Waals surface area contributed by atoms with Gasteiger partial charge in [0.25, 0.3) is 0 Å². The normalized spacial score (nSPS) is 16.2. The predicted octanol–water partition coefficient (Wildman–Crippen LogP) is 2.37. The second-order valence-electron chi connectivity index (χ2n) is 7.05. The molecule has 0 atom stereocenters. The Hall–Kier alpha value is -2.85. The predicted molar refractivity (Wildman–Crippen MR) is 107 cm³/mol. The Balaban J connectivity index is 1.55. The van der Waals surface area contributed by atoms with Gasteiger partial charge in [0, 0.05) is 36.1 Å². The number of halogens is 1. The van der Waals surface area contributed by atoms with Crippen LogP contribution in [0.1, 0.15) is 12.8 Å². The number of sulfonamides is 1. The van der Waals surface area contributed by atoms with Gasteiger partial charge in [-0.2, -0.15) is 0 Å². The van der Waals surface area contributed by atoms with E-state index in [0.29, 0.717) is 43.0 Å². The zero-order valence-electron chi connectivity index (χ0n) is 15.7. The zero-order chi connectivity index (χ0) is 20.6. The first-order valence-electron chi connectivity index (χ1n) is 9.14. The quantitative estimate of drug-likeness (QED) is 0.671. The minimum absolute atomic E-state index is 0.00934. The lowest BCUT2D eigenvalue weighted by Gasteiger charge is -2.30. The van der Waals surface area contributed by atoms with Crippen LogP contribution in [-0.4, -0.2) is 58.2 Å². The topological polar surface area (TPSA) is 108 Å². The van der Waals surface area contributed by atoms with Crippen LogP contribution in [0.4, 0.5) is 10.3 Å². The Morgan fingerprint density at radius 2 is 1.93 bits per heavy atom. The first kappa shape index (κ1) is 19.5. The SMILES string of the molecule is CS(=O)(=O)N1CCC(Nc2ncc(F)c(-c3ccc4nc(O)ccc4c3)n2)CC1. The van der Waals surface area contributed by atoms with Gasteiger partial charge in [-0.25, -0.2) is 32.1 Å². The Morgan fingerprint density at radius 1 is 1.17 bits per heavy atom. The van der Waals surface area contributed by atoms with E-state index < -0.39 is 15.8 Å². The molecule has 0 bridgehead atoms. The van der Waals surface area contributed by atoms with Crippen LogP contribution in [0.2, 0.25) is 0 Å². The highest BCUT2D eigenvalue weighted by Crippen LogP contribution is 2.26. The summed E-state index contributed by atoms with van der Waals surface area (Å²) in [6.07, 6.45) is 3.56. The lowest BCUT2D eigenvalue weighted by Crippen LogP contribution is -2.42. The average Bonchev–Trinajstić information content (AvgIpc) is 2.69. The molecule has 3 aromatic rings. The van der Waals surface area contributed by atoms with Gasteiger partial charge >= 0.3 is 0 Å². The van der Waals surface area contributed by atoms with Crippen LogP contribution >= 0.6 is 0 Å². The monoisotopic (exact) mass is 417 g/mol. The molecule has 1 aliphatic rings. The number of anilines is 1. The molecule has 4 rings (SSSR count). The van der Waals surface area contributed by atoms with Crippen molar-refractivity contribution in [3.8, 4) is 17.1 Å². The van der Waals surface area contributed by atoms with Crippen molar-refractivity contribution in [3.05, 3.63) is 42.3 Å². The second kappa shape index (κ2) is 7.53. The van der Waals surface area contributed by atoms with Crippen molar-refractivity contribution in [3.63, 3.8) is 0 Å². The van der Waals surface area contributed by atoms with E-state index in [-0.39, 0.29) is 17.6 Å². The van der Waals surface area contributed by atoms with Gasteiger partial charge in [0.2, 0.25) is 21.9 Å². The largest absolute Gasteiger partial charge is 0.493 e. The summed E-state index contributed by atoms with van der Waals surface area (Å²) >= 11 is 0. The molecule has 0 unspecified atom stereocenters. The van der Waals surface area contributed by atoms with Crippen LogP contribution in [0.3, 0.4) is 0 Å². The van der Waals surface area contributed by atoms with E-state index >= 15 is 0 Å². The Labute approximate surface area is 167 Å². The van der Waals surface area contributed by atoms with Crippen LogP contribution in [0, 0.1) is 5.82 Å². The maximum atomic E-state index is 14.4. The van der Waals surface area contributed by atoms with Crippen molar-refractivity contribution in [2.45, 2.75) is 18.9 Å². The minimum atomic E-state index is -3.19. The molecule has 0 aliphatic carbocycles.